The van der Waals surface area contributed by atoms with Crippen LogP contribution in [0.5, 0.6) is 0 Å². The number of fused-ring (bicyclic) bond motifs is 1. The van der Waals surface area contributed by atoms with Crippen LogP contribution in [0, 0.1) is 5.92 Å². The molecule has 2 atom stereocenters. The van der Waals surface area contributed by atoms with Crippen molar-refractivity contribution in [2.24, 2.45) is 5.92 Å². The quantitative estimate of drug-likeness (QED) is 0.750. The number of rotatable bonds is 3. The van der Waals surface area contributed by atoms with Crippen molar-refractivity contribution in [1.82, 2.24) is 14.6 Å². The van der Waals surface area contributed by atoms with Gasteiger partial charge in [0.05, 0.1) is 13.0 Å². The highest BCUT2D eigenvalue weighted by Gasteiger charge is 2.34. The number of anilines is 1. The predicted molar refractivity (Wildman–Crippen MR) is 94.2 cm³/mol. The minimum Gasteiger partial charge on any atom is -0.469 e. The van der Waals surface area contributed by atoms with Crippen LogP contribution < -0.4 is 4.90 Å². The van der Waals surface area contributed by atoms with Gasteiger partial charge < -0.3 is 9.64 Å². The molecular formula is C17H21BrN4O2. The lowest BCUT2D eigenvalue weighted by atomic mass is 9.91. The smallest absolute Gasteiger partial charge is 0.308 e. The van der Waals surface area contributed by atoms with Crippen molar-refractivity contribution in [2.75, 3.05) is 18.6 Å². The molecule has 0 aromatic carbocycles. The van der Waals surface area contributed by atoms with Gasteiger partial charge in [-0.15, -0.1) is 0 Å². The van der Waals surface area contributed by atoms with E-state index in [9.17, 15) is 4.79 Å². The maximum atomic E-state index is 11.8. The Kier molecular flexibility index (Phi) is 3.98. The molecule has 0 N–H and O–H groups in total. The van der Waals surface area contributed by atoms with Crippen molar-refractivity contribution < 1.29 is 9.53 Å². The van der Waals surface area contributed by atoms with Gasteiger partial charge in [-0.3, -0.25) is 4.79 Å². The minimum atomic E-state index is -0.0987. The summed E-state index contributed by atoms with van der Waals surface area (Å²) in [4.78, 5) is 18.8. The van der Waals surface area contributed by atoms with Crippen molar-refractivity contribution in [3.63, 3.8) is 0 Å². The first-order chi connectivity index (χ1) is 11.6. The average molecular weight is 393 g/mol. The van der Waals surface area contributed by atoms with Crippen LogP contribution in [0.2, 0.25) is 0 Å². The van der Waals surface area contributed by atoms with Crippen LogP contribution in [0.15, 0.2) is 17.0 Å². The zero-order chi connectivity index (χ0) is 16.8. The molecule has 1 aliphatic carbocycles. The number of hydrogen-bond acceptors (Lipinski definition) is 5. The molecule has 7 heteroatoms. The van der Waals surface area contributed by atoms with Gasteiger partial charge in [0, 0.05) is 12.6 Å². The number of methoxy groups -OCH3 is 1. The molecule has 4 rings (SSSR count). The molecule has 2 aromatic rings. The van der Waals surface area contributed by atoms with Crippen LogP contribution in [-0.4, -0.2) is 40.3 Å². The van der Waals surface area contributed by atoms with E-state index in [2.05, 4.69) is 43.9 Å². The second-order valence-electron chi connectivity index (χ2n) is 6.83. The normalized spacial score (nSPS) is 24.4. The van der Waals surface area contributed by atoms with E-state index in [1.807, 2.05) is 4.52 Å². The summed E-state index contributed by atoms with van der Waals surface area (Å²) in [5.41, 5.74) is 2.44. The standard InChI is InChI=1S/C17H21BrN4O2/c1-10-7-12(17(23)24-2)5-6-21(10)16-15-13(11-3-4-11)8-14(18)22(15)20-9-19-16/h8-12H,3-7H2,1-2H3/t10-,12-/m0/s1. The van der Waals surface area contributed by atoms with E-state index in [1.165, 1.54) is 25.5 Å². The van der Waals surface area contributed by atoms with Gasteiger partial charge in [0.2, 0.25) is 0 Å². The largest absolute Gasteiger partial charge is 0.469 e. The molecule has 0 bridgehead atoms. The molecule has 6 nitrogen and oxygen atoms in total. The number of esters is 1. The monoisotopic (exact) mass is 392 g/mol. The predicted octanol–water partition coefficient (Wildman–Crippen LogP) is 3.15. The molecule has 2 aromatic heterocycles. The van der Waals surface area contributed by atoms with Crippen LogP contribution >= 0.6 is 15.9 Å². The van der Waals surface area contributed by atoms with Crippen LogP contribution in [0.25, 0.3) is 5.52 Å². The first-order valence-corrected chi connectivity index (χ1v) is 9.26. The summed E-state index contributed by atoms with van der Waals surface area (Å²) in [6, 6.07) is 2.42. The number of nitrogens with zero attached hydrogens (tertiary/aromatic N) is 4. The summed E-state index contributed by atoms with van der Waals surface area (Å²) in [7, 11) is 1.47. The molecular weight excluding hydrogens is 372 g/mol. The van der Waals surface area contributed by atoms with E-state index in [0.29, 0.717) is 5.92 Å². The number of carbonyl (C=O) groups excluding carboxylic acids is 1. The summed E-state index contributed by atoms with van der Waals surface area (Å²) in [6.07, 6.45) is 5.68. The molecule has 0 unspecified atom stereocenters. The Balaban J connectivity index is 1.71. The van der Waals surface area contributed by atoms with Crippen LogP contribution in [0.1, 0.15) is 44.1 Å². The first-order valence-electron chi connectivity index (χ1n) is 8.46. The van der Waals surface area contributed by atoms with E-state index in [1.54, 1.807) is 6.33 Å². The molecule has 1 aliphatic heterocycles. The first kappa shape index (κ1) is 15.9. The molecule has 1 saturated heterocycles. The maximum absolute atomic E-state index is 11.8. The van der Waals surface area contributed by atoms with Crippen LogP contribution in [0.3, 0.4) is 0 Å². The molecule has 128 valence electrons. The molecule has 3 heterocycles. The molecule has 2 aliphatic rings. The Morgan fingerprint density at radius 3 is 2.83 bits per heavy atom. The highest BCUT2D eigenvalue weighted by Crippen LogP contribution is 2.45. The van der Waals surface area contributed by atoms with Gasteiger partial charge in [-0.25, -0.2) is 9.50 Å². The Morgan fingerprint density at radius 1 is 1.38 bits per heavy atom. The van der Waals surface area contributed by atoms with Gasteiger partial charge in [-0.2, -0.15) is 5.10 Å². The Bertz CT molecular complexity index is 786. The number of aromatic nitrogens is 3. The fraction of sp³-hybridized carbons (Fsp3) is 0.588. The maximum Gasteiger partial charge on any atom is 0.308 e. The van der Waals surface area contributed by atoms with E-state index in [-0.39, 0.29) is 17.9 Å². The van der Waals surface area contributed by atoms with Gasteiger partial charge >= 0.3 is 5.97 Å². The number of piperidine rings is 1. The number of carbonyl (C=O) groups is 1. The van der Waals surface area contributed by atoms with Gasteiger partial charge in [-0.05, 0) is 66.1 Å². The zero-order valence-electron chi connectivity index (χ0n) is 13.9. The third-order valence-corrected chi connectivity index (χ3v) is 5.79. The average Bonchev–Trinajstić information content (AvgIpc) is 3.38. The van der Waals surface area contributed by atoms with Crippen molar-refractivity contribution in [3.05, 3.63) is 22.6 Å². The lowest BCUT2D eigenvalue weighted by Crippen LogP contribution is -2.43. The lowest BCUT2D eigenvalue weighted by molar-refractivity contribution is -0.146. The Hall–Kier alpha value is -1.63. The molecule has 2 fully saturated rings. The van der Waals surface area contributed by atoms with E-state index < -0.39 is 0 Å². The third kappa shape index (κ3) is 2.59. The van der Waals surface area contributed by atoms with Gasteiger partial charge in [0.15, 0.2) is 5.82 Å². The summed E-state index contributed by atoms with van der Waals surface area (Å²) >= 11 is 3.62. The highest BCUT2D eigenvalue weighted by molar-refractivity contribution is 9.10. The fourth-order valence-corrected chi connectivity index (χ4v) is 4.32. The fourth-order valence-electron chi connectivity index (χ4n) is 3.80. The minimum absolute atomic E-state index is 0.0134. The molecule has 1 saturated carbocycles. The van der Waals surface area contributed by atoms with Crippen molar-refractivity contribution in [2.45, 2.75) is 44.6 Å². The zero-order valence-corrected chi connectivity index (χ0v) is 15.5. The van der Waals surface area contributed by atoms with Gasteiger partial charge in [-0.1, -0.05) is 0 Å². The summed E-state index contributed by atoms with van der Waals surface area (Å²) in [5.74, 6) is 1.49. The van der Waals surface area contributed by atoms with Crippen LogP contribution in [0.4, 0.5) is 5.82 Å². The van der Waals surface area contributed by atoms with Gasteiger partial charge in [0.25, 0.3) is 0 Å². The molecule has 0 radical (unpaired) electrons. The Labute approximate surface area is 149 Å². The number of halogens is 1. The summed E-state index contributed by atoms with van der Waals surface area (Å²) in [5, 5.41) is 4.41. The van der Waals surface area contributed by atoms with E-state index in [0.717, 1.165) is 35.3 Å². The summed E-state index contributed by atoms with van der Waals surface area (Å²) in [6.45, 7) is 2.96. The Morgan fingerprint density at radius 2 is 2.17 bits per heavy atom. The molecule has 0 spiro atoms. The highest BCUT2D eigenvalue weighted by atomic mass is 79.9. The summed E-state index contributed by atoms with van der Waals surface area (Å²) < 4.78 is 7.83. The van der Waals surface area contributed by atoms with Gasteiger partial charge in [0.1, 0.15) is 16.4 Å². The SMILES string of the molecule is COC(=O)[C@H]1CCN(c2ncnn3c(Br)cc(C4CC4)c23)[C@@H](C)C1. The number of hydrogen-bond donors (Lipinski definition) is 0. The van der Waals surface area contributed by atoms with E-state index in [4.69, 9.17) is 4.74 Å². The lowest BCUT2D eigenvalue weighted by Gasteiger charge is -2.37. The second-order valence-corrected chi connectivity index (χ2v) is 7.64. The topological polar surface area (TPSA) is 59.7 Å². The second kappa shape index (κ2) is 6.02. The molecule has 24 heavy (non-hydrogen) atoms. The van der Waals surface area contributed by atoms with Crippen LogP contribution in [-0.2, 0) is 9.53 Å². The third-order valence-electron chi connectivity index (χ3n) is 5.22. The van der Waals surface area contributed by atoms with Crippen molar-refractivity contribution in [3.8, 4) is 0 Å². The van der Waals surface area contributed by atoms with Crippen molar-refractivity contribution >= 4 is 33.2 Å². The van der Waals surface area contributed by atoms with E-state index >= 15 is 0 Å². The van der Waals surface area contributed by atoms with Crippen molar-refractivity contribution in [1.29, 1.82) is 0 Å². The molecule has 0 amide bonds. The number of ether oxygens (including phenoxy) is 1.